The summed E-state index contributed by atoms with van der Waals surface area (Å²) in [6.45, 7) is 1.77. The second-order valence-corrected chi connectivity index (χ2v) is 5.62. The van der Waals surface area contributed by atoms with Gasteiger partial charge >= 0.3 is 0 Å². The van der Waals surface area contributed by atoms with Gasteiger partial charge in [-0.1, -0.05) is 12.1 Å². The van der Waals surface area contributed by atoms with Crippen LogP contribution in [0.4, 0.5) is 11.5 Å². The Balaban J connectivity index is 2.15. The number of nitrogen functional groups attached to an aromatic ring is 2. The Labute approximate surface area is 129 Å². The zero-order valence-electron chi connectivity index (χ0n) is 12.8. The topological polar surface area (TPSA) is 86.0 Å². The van der Waals surface area contributed by atoms with Gasteiger partial charge in [0, 0.05) is 30.5 Å². The summed E-state index contributed by atoms with van der Waals surface area (Å²) in [5.41, 5.74) is 15.6. The van der Waals surface area contributed by atoms with E-state index in [0.29, 0.717) is 5.82 Å². The monoisotopic (exact) mass is 296 g/mol. The highest BCUT2D eigenvalue weighted by Gasteiger charge is 2.14. The molecule has 2 aromatic heterocycles. The Bertz CT molecular complexity index is 788. The first-order chi connectivity index (χ1) is 10.6. The third kappa shape index (κ3) is 2.60. The molecular weight excluding hydrogens is 276 g/mol. The quantitative estimate of drug-likeness (QED) is 0.717. The van der Waals surface area contributed by atoms with Crippen LogP contribution in [-0.2, 0) is 6.54 Å². The fraction of sp³-hybridized carbons (Fsp3) is 0.250. The van der Waals surface area contributed by atoms with E-state index in [0.717, 1.165) is 40.9 Å². The van der Waals surface area contributed by atoms with Crippen molar-refractivity contribution < 1.29 is 0 Å². The molecule has 0 radical (unpaired) electrons. The van der Waals surface area contributed by atoms with Gasteiger partial charge in [0.1, 0.15) is 17.8 Å². The third-order valence-electron chi connectivity index (χ3n) is 3.69. The first-order valence-electron chi connectivity index (χ1n) is 7.16. The zero-order valence-corrected chi connectivity index (χ0v) is 12.8. The molecule has 6 heteroatoms. The molecule has 2 heterocycles. The van der Waals surface area contributed by atoms with Crippen molar-refractivity contribution in [2.75, 3.05) is 32.1 Å². The molecule has 6 nitrogen and oxygen atoms in total. The van der Waals surface area contributed by atoms with Gasteiger partial charge in [0.05, 0.1) is 5.39 Å². The molecule has 4 N–H and O–H groups in total. The molecular formula is C16H20N6. The number of anilines is 2. The van der Waals surface area contributed by atoms with Crippen molar-refractivity contribution in [2.24, 2.45) is 0 Å². The smallest absolute Gasteiger partial charge is 0.146 e. The summed E-state index contributed by atoms with van der Waals surface area (Å²) in [6.07, 6.45) is 3.60. The van der Waals surface area contributed by atoms with E-state index in [1.807, 2.05) is 24.3 Å². The van der Waals surface area contributed by atoms with Crippen LogP contribution in [0.3, 0.4) is 0 Å². The molecule has 0 atom stereocenters. The van der Waals surface area contributed by atoms with E-state index in [9.17, 15) is 0 Å². The van der Waals surface area contributed by atoms with Crippen LogP contribution >= 0.6 is 0 Å². The van der Waals surface area contributed by atoms with Crippen LogP contribution in [0, 0.1) is 0 Å². The number of aromatic nitrogens is 3. The van der Waals surface area contributed by atoms with Gasteiger partial charge in [0.25, 0.3) is 0 Å². The Kier molecular flexibility index (Phi) is 3.68. The van der Waals surface area contributed by atoms with E-state index in [2.05, 4.69) is 39.7 Å². The van der Waals surface area contributed by atoms with Gasteiger partial charge in [-0.3, -0.25) is 0 Å². The van der Waals surface area contributed by atoms with E-state index >= 15 is 0 Å². The number of likely N-dealkylation sites (N-methyl/N-ethyl adjacent to an activating group) is 1. The number of nitrogens with two attached hydrogens (primary N) is 2. The zero-order chi connectivity index (χ0) is 15.7. The second-order valence-electron chi connectivity index (χ2n) is 5.62. The van der Waals surface area contributed by atoms with Crippen molar-refractivity contribution >= 4 is 22.5 Å². The van der Waals surface area contributed by atoms with Crippen LogP contribution in [0.15, 0.2) is 36.8 Å². The lowest BCUT2D eigenvalue weighted by Crippen LogP contribution is -2.18. The van der Waals surface area contributed by atoms with Crippen LogP contribution in [0.5, 0.6) is 0 Å². The van der Waals surface area contributed by atoms with Crippen molar-refractivity contribution in [2.45, 2.75) is 6.54 Å². The molecule has 1 aromatic carbocycles. The van der Waals surface area contributed by atoms with E-state index in [-0.39, 0.29) is 0 Å². The predicted molar refractivity (Wildman–Crippen MR) is 90.3 cm³/mol. The molecule has 0 spiro atoms. The SMILES string of the molecule is CN(C)CCn1cc(-c2ccc(N)cc2)c2c(N)ncnc21. The van der Waals surface area contributed by atoms with E-state index in [1.165, 1.54) is 6.33 Å². The van der Waals surface area contributed by atoms with Crippen molar-refractivity contribution in [3.63, 3.8) is 0 Å². The van der Waals surface area contributed by atoms with Gasteiger partial charge in [-0.25, -0.2) is 9.97 Å². The summed E-state index contributed by atoms with van der Waals surface area (Å²) in [4.78, 5) is 10.7. The predicted octanol–water partition coefficient (Wildman–Crippen LogP) is 1.82. The van der Waals surface area contributed by atoms with E-state index < -0.39 is 0 Å². The molecule has 0 fully saturated rings. The Hall–Kier alpha value is -2.60. The maximum absolute atomic E-state index is 6.09. The third-order valence-corrected chi connectivity index (χ3v) is 3.69. The number of hydrogen-bond donors (Lipinski definition) is 2. The highest BCUT2D eigenvalue weighted by molar-refractivity contribution is 6.00. The number of hydrogen-bond acceptors (Lipinski definition) is 5. The number of rotatable bonds is 4. The second kappa shape index (κ2) is 5.65. The summed E-state index contributed by atoms with van der Waals surface area (Å²) in [6, 6.07) is 7.76. The van der Waals surface area contributed by atoms with Crippen LogP contribution in [-0.4, -0.2) is 40.1 Å². The Morgan fingerprint density at radius 3 is 2.50 bits per heavy atom. The fourth-order valence-electron chi connectivity index (χ4n) is 2.51. The molecule has 0 saturated heterocycles. The van der Waals surface area contributed by atoms with Gasteiger partial charge in [0.2, 0.25) is 0 Å². The first-order valence-corrected chi connectivity index (χ1v) is 7.16. The largest absolute Gasteiger partial charge is 0.399 e. The normalized spacial score (nSPS) is 11.4. The summed E-state index contributed by atoms with van der Waals surface area (Å²) < 4.78 is 2.12. The molecule has 3 aromatic rings. The average molecular weight is 296 g/mol. The minimum Gasteiger partial charge on any atom is -0.399 e. The maximum atomic E-state index is 6.09. The molecule has 0 aliphatic heterocycles. The lowest BCUT2D eigenvalue weighted by molar-refractivity contribution is 0.386. The number of benzene rings is 1. The van der Waals surface area contributed by atoms with Gasteiger partial charge in [-0.15, -0.1) is 0 Å². The summed E-state index contributed by atoms with van der Waals surface area (Å²) in [7, 11) is 4.10. The van der Waals surface area contributed by atoms with E-state index in [4.69, 9.17) is 11.5 Å². The highest BCUT2D eigenvalue weighted by Crippen LogP contribution is 2.32. The summed E-state index contributed by atoms with van der Waals surface area (Å²) in [5.74, 6) is 0.500. The van der Waals surface area contributed by atoms with Crippen molar-refractivity contribution in [1.82, 2.24) is 19.4 Å². The maximum Gasteiger partial charge on any atom is 0.146 e. The van der Waals surface area contributed by atoms with Gasteiger partial charge in [-0.2, -0.15) is 0 Å². The van der Waals surface area contributed by atoms with E-state index in [1.54, 1.807) is 0 Å². The number of fused-ring (bicyclic) bond motifs is 1. The summed E-state index contributed by atoms with van der Waals surface area (Å²) in [5, 5.41) is 0.894. The van der Waals surface area contributed by atoms with Gasteiger partial charge in [0.15, 0.2) is 0 Å². The fourth-order valence-corrected chi connectivity index (χ4v) is 2.51. The van der Waals surface area contributed by atoms with Gasteiger partial charge in [-0.05, 0) is 31.8 Å². The Morgan fingerprint density at radius 1 is 1.09 bits per heavy atom. The van der Waals surface area contributed by atoms with Crippen molar-refractivity contribution in [3.8, 4) is 11.1 Å². The highest BCUT2D eigenvalue weighted by atomic mass is 15.1. The molecule has 0 aliphatic carbocycles. The standard InChI is InChI=1S/C16H20N6/c1-21(2)7-8-22-9-13(11-3-5-12(17)6-4-11)14-15(18)19-10-20-16(14)22/h3-6,9-10H,7-8,17H2,1-2H3,(H2,18,19,20). The molecule has 0 unspecified atom stereocenters. The van der Waals surface area contributed by atoms with Crippen LogP contribution in [0.1, 0.15) is 0 Å². The lowest BCUT2D eigenvalue weighted by atomic mass is 10.1. The average Bonchev–Trinajstić information content (AvgIpc) is 2.86. The first kappa shape index (κ1) is 14.3. The molecule has 0 aliphatic rings. The summed E-state index contributed by atoms with van der Waals surface area (Å²) >= 11 is 0. The van der Waals surface area contributed by atoms with Crippen molar-refractivity contribution in [3.05, 3.63) is 36.8 Å². The van der Waals surface area contributed by atoms with Crippen LogP contribution < -0.4 is 11.5 Å². The van der Waals surface area contributed by atoms with Gasteiger partial charge < -0.3 is 20.9 Å². The van der Waals surface area contributed by atoms with Crippen LogP contribution in [0.25, 0.3) is 22.2 Å². The number of nitrogens with zero attached hydrogens (tertiary/aromatic N) is 4. The molecule has 0 amide bonds. The molecule has 3 rings (SSSR count). The molecule has 0 bridgehead atoms. The van der Waals surface area contributed by atoms with Crippen molar-refractivity contribution in [1.29, 1.82) is 0 Å². The molecule has 22 heavy (non-hydrogen) atoms. The minimum absolute atomic E-state index is 0.500. The molecule has 114 valence electrons. The molecule has 0 saturated carbocycles. The lowest BCUT2D eigenvalue weighted by Gasteiger charge is -2.10. The Morgan fingerprint density at radius 2 is 1.82 bits per heavy atom. The minimum atomic E-state index is 0.500. The van der Waals surface area contributed by atoms with Crippen LogP contribution in [0.2, 0.25) is 0 Å².